The molecular weight excluding hydrogens is 258 g/mol. The van der Waals surface area contributed by atoms with Gasteiger partial charge >= 0.3 is 0 Å². The van der Waals surface area contributed by atoms with Gasteiger partial charge in [0, 0.05) is 13.1 Å². The van der Waals surface area contributed by atoms with Crippen molar-refractivity contribution in [2.75, 3.05) is 13.1 Å². The largest absolute Gasteiger partial charge is 0.243 e. The second kappa shape index (κ2) is 5.25. The first-order valence-electron chi connectivity index (χ1n) is 6.88. The van der Waals surface area contributed by atoms with Crippen molar-refractivity contribution in [1.82, 2.24) is 4.31 Å². The van der Waals surface area contributed by atoms with Gasteiger partial charge in [-0.05, 0) is 43.7 Å². The minimum atomic E-state index is -3.34. The Kier molecular flexibility index (Phi) is 4.02. The number of aryl methyl sites for hydroxylation is 2. The first kappa shape index (κ1) is 14.5. The van der Waals surface area contributed by atoms with Gasteiger partial charge < -0.3 is 0 Å². The Morgan fingerprint density at radius 3 is 2.21 bits per heavy atom. The Morgan fingerprint density at radius 2 is 1.68 bits per heavy atom. The predicted molar refractivity (Wildman–Crippen MR) is 77.6 cm³/mol. The molecule has 0 N–H and O–H groups in total. The third kappa shape index (κ3) is 3.00. The maximum atomic E-state index is 12.7. The summed E-state index contributed by atoms with van der Waals surface area (Å²) in [5, 5.41) is 0. The van der Waals surface area contributed by atoms with Crippen LogP contribution in [0.5, 0.6) is 0 Å². The summed E-state index contributed by atoms with van der Waals surface area (Å²) in [5.74, 6) is 0.869. The maximum Gasteiger partial charge on any atom is 0.243 e. The van der Waals surface area contributed by atoms with Crippen LogP contribution in [0.3, 0.4) is 0 Å². The van der Waals surface area contributed by atoms with Crippen LogP contribution in [-0.4, -0.2) is 25.8 Å². The summed E-state index contributed by atoms with van der Waals surface area (Å²) in [5.41, 5.74) is 1.93. The first-order valence-corrected chi connectivity index (χ1v) is 8.32. The van der Waals surface area contributed by atoms with Gasteiger partial charge in [0.2, 0.25) is 10.0 Å². The fraction of sp³-hybridized carbons (Fsp3) is 0.600. The fourth-order valence-corrected chi connectivity index (χ4v) is 4.92. The zero-order valence-electron chi connectivity index (χ0n) is 12.2. The smallest absolute Gasteiger partial charge is 0.207 e. The molecule has 3 nitrogen and oxygen atoms in total. The average Bonchev–Trinajstić information content (AvgIpc) is 2.26. The summed E-state index contributed by atoms with van der Waals surface area (Å²) in [4.78, 5) is 0.458. The summed E-state index contributed by atoms with van der Waals surface area (Å²) < 4.78 is 27.1. The van der Waals surface area contributed by atoms with Crippen LogP contribution < -0.4 is 0 Å². The van der Waals surface area contributed by atoms with Crippen LogP contribution in [-0.2, 0) is 10.0 Å². The van der Waals surface area contributed by atoms with Crippen molar-refractivity contribution >= 4 is 10.0 Å². The van der Waals surface area contributed by atoms with E-state index in [1.165, 1.54) is 0 Å². The Morgan fingerprint density at radius 1 is 1.11 bits per heavy atom. The van der Waals surface area contributed by atoms with Gasteiger partial charge in [0.15, 0.2) is 0 Å². The van der Waals surface area contributed by atoms with E-state index in [0.29, 0.717) is 29.8 Å². The van der Waals surface area contributed by atoms with Crippen LogP contribution in [0.2, 0.25) is 0 Å². The van der Waals surface area contributed by atoms with Crippen molar-refractivity contribution in [3.05, 3.63) is 29.3 Å². The Hall–Kier alpha value is -0.870. The molecule has 0 bridgehead atoms. The fourth-order valence-electron chi connectivity index (χ4n) is 3.03. The van der Waals surface area contributed by atoms with Crippen molar-refractivity contribution in [1.29, 1.82) is 0 Å². The van der Waals surface area contributed by atoms with Crippen LogP contribution in [0, 0.1) is 25.7 Å². The van der Waals surface area contributed by atoms with Crippen LogP contribution in [0.1, 0.15) is 31.4 Å². The van der Waals surface area contributed by atoms with Gasteiger partial charge in [0.25, 0.3) is 0 Å². The molecule has 0 aliphatic carbocycles. The summed E-state index contributed by atoms with van der Waals surface area (Å²) in [7, 11) is -3.34. The van der Waals surface area contributed by atoms with Crippen molar-refractivity contribution in [2.24, 2.45) is 11.8 Å². The van der Waals surface area contributed by atoms with E-state index in [9.17, 15) is 8.42 Å². The number of sulfonamides is 1. The lowest BCUT2D eigenvalue weighted by Crippen LogP contribution is -2.42. The normalized spacial score (nSPS) is 25.5. The molecule has 19 heavy (non-hydrogen) atoms. The van der Waals surface area contributed by atoms with Gasteiger partial charge in [-0.15, -0.1) is 0 Å². The number of nitrogens with zero attached hydrogens (tertiary/aromatic N) is 1. The second-order valence-electron chi connectivity index (χ2n) is 6.04. The molecule has 1 saturated heterocycles. The molecule has 1 aliphatic heterocycles. The Bertz CT molecular complexity index is 556. The zero-order valence-corrected chi connectivity index (χ0v) is 13.0. The van der Waals surface area contributed by atoms with E-state index in [-0.39, 0.29) is 0 Å². The molecule has 0 spiro atoms. The molecule has 1 aromatic carbocycles. The molecule has 4 heteroatoms. The highest BCUT2D eigenvalue weighted by Crippen LogP contribution is 2.28. The predicted octanol–water partition coefficient (Wildman–Crippen LogP) is 2.97. The molecule has 0 aromatic heterocycles. The van der Waals surface area contributed by atoms with Gasteiger partial charge in [0.1, 0.15) is 0 Å². The molecule has 1 fully saturated rings. The van der Waals surface area contributed by atoms with Crippen LogP contribution in [0.15, 0.2) is 23.1 Å². The number of rotatable bonds is 2. The number of benzene rings is 1. The first-order chi connectivity index (χ1) is 8.80. The highest BCUT2D eigenvalue weighted by atomic mass is 32.2. The van der Waals surface area contributed by atoms with E-state index in [0.717, 1.165) is 17.5 Å². The van der Waals surface area contributed by atoms with Crippen LogP contribution in [0.4, 0.5) is 0 Å². The molecule has 1 heterocycles. The summed E-state index contributed by atoms with van der Waals surface area (Å²) in [6, 6.07) is 5.55. The lowest BCUT2D eigenvalue weighted by atomic mass is 9.94. The van der Waals surface area contributed by atoms with Gasteiger partial charge in [-0.1, -0.05) is 31.5 Å². The van der Waals surface area contributed by atoms with Gasteiger partial charge in [0.05, 0.1) is 4.90 Å². The van der Waals surface area contributed by atoms with E-state index in [2.05, 4.69) is 13.8 Å². The van der Waals surface area contributed by atoms with Gasteiger partial charge in [-0.25, -0.2) is 8.42 Å². The van der Waals surface area contributed by atoms with E-state index < -0.39 is 10.0 Å². The molecular formula is C15H23NO2S. The molecule has 106 valence electrons. The average molecular weight is 281 g/mol. The molecule has 2 unspecified atom stereocenters. The monoisotopic (exact) mass is 281 g/mol. The molecule has 2 atom stereocenters. The zero-order chi connectivity index (χ0) is 14.2. The Balaban J connectivity index is 2.36. The number of hydrogen-bond acceptors (Lipinski definition) is 2. The Labute approximate surface area is 116 Å². The van der Waals surface area contributed by atoms with Crippen molar-refractivity contribution in [2.45, 2.75) is 39.0 Å². The SMILES string of the molecule is Cc1ccc(S(=O)(=O)N2CC(C)CC(C)C2)c(C)c1. The lowest BCUT2D eigenvalue weighted by molar-refractivity contribution is 0.222. The molecule has 2 rings (SSSR count). The molecule has 0 radical (unpaired) electrons. The summed E-state index contributed by atoms with van der Waals surface area (Å²) in [6.45, 7) is 9.38. The lowest BCUT2D eigenvalue weighted by Gasteiger charge is -2.34. The van der Waals surface area contributed by atoms with Crippen LogP contribution in [0.25, 0.3) is 0 Å². The standard InChI is InChI=1S/C15H23NO2S/c1-11-5-6-15(14(4)8-11)19(17,18)16-9-12(2)7-13(3)10-16/h5-6,8,12-13H,7,9-10H2,1-4H3. The minimum Gasteiger partial charge on any atom is -0.207 e. The highest BCUT2D eigenvalue weighted by molar-refractivity contribution is 7.89. The van der Waals surface area contributed by atoms with Crippen molar-refractivity contribution in [3.63, 3.8) is 0 Å². The van der Waals surface area contributed by atoms with Crippen molar-refractivity contribution < 1.29 is 8.42 Å². The molecule has 0 saturated carbocycles. The molecule has 1 aromatic rings. The summed E-state index contributed by atoms with van der Waals surface area (Å²) >= 11 is 0. The number of piperidine rings is 1. The topological polar surface area (TPSA) is 37.4 Å². The molecule has 1 aliphatic rings. The maximum absolute atomic E-state index is 12.7. The summed E-state index contributed by atoms with van der Waals surface area (Å²) in [6.07, 6.45) is 1.11. The van der Waals surface area contributed by atoms with Crippen molar-refractivity contribution in [3.8, 4) is 0 Å². The van der Waals surface area contributed by atoms with E-state index in [1.807, 2.05) is 26.0 Å². The van der Waals surface area contributed by atoms with Gasteiger partial charge in [-0.2, -0.15) is 4.31 Å². The van der Waals surface area contributed by atoms with E-state index in [4.69, 9.17) is 0 Å². The minimum absolute atomic E-state index is 0.435. The van der Waals surface area contributed by atoms with E-state index in [1.54, 1.807) is 10.4 Å². The number of hydrogen-bond donors (Lipinski definition) is 0. The third-order valence-corrected chi connectivity index (χ3v) is 5.78. The van der Waals surface area contributed by atoms with Gasteiger partial charge in [-0.3, -0.25) is 0 Å². The highest BCUT2D eigenvalue weighted by Gasteiger charge is 2.32. The second-order valence-corrected chi connectivity index (χ2v) is 7.94. The van der Waals surface area contributed by atoms with Crippen LogP contribution >= 0.6 is 0 Å². The quantitative estimate of drug-likeness (QED) is 0.835. The molecule has 0 amide bonds. The van der Waals surface area contributed by atoms with E-state index >= 15 is 0 Å². The third-order valence-electron chi connectivity index (χ3n) is 3.78.